The van der Waals surface area contributed by atoms with Crippen LogP contribution in [0.15, 0.2) is 24.4 Å². The van der Waals surface area contributed by atoms with E-state index in [4.69, 9.17) is 0 Å². The van der Waals surface area contributed by atoms with Gasteiger partial charge in [0.2, 0.25) is 0 Å². The first-order valence-corrected chi connectivity index (χ1v) is 6.31. The number of nitrogens with zero attached hydrogens (tertiary/aromatic N) is 3. The zero-order valence-electron chi connectivity index (χ0n) is 11.4. The SMILES string of the molecule is CNCc1[nH]ncc1-c1ccc2c(c1)nc(C)n2C. The summed E-state index contributed by atoms with van der Waals surface area (Å²) in [6, 6.07) is 6.35. The molecule has 0 radical (unpaired) electrons. The Balaban J connectivity index is 2.12. The van der Waals surface area contributed by atoms with Crippen LogP contribution in [0.4, 0.5) is 0 Å². The van der Waals surface area contributed by atoms with Gasteiger partial charge in [-0.3, -0.25) is 5.10 Å². The molecular formula is C14H17N5. The van der Waals surface area contributed by atoms with Crippen molar-refractivity contribution >= 4 is 11.0 Å². The highest BCUT2D eigenvalue weighted by Gasteiger charge is 2.10. The van der Waals surface area contributed by atoms with Crippen LogP contribution in [0.2, 0.25) is 0 Å². The third kappa shape index (κ3) is 1.92. The molecule has 5 nitrogen and oxygen atoms in total. The average molecular weight is 255 g/mol. The Hall–Kier alpha value is -2.14. The number of nitrogens with one attached hydrogen (secondary N) is 2. The number of aryl methyl sites for hydroxylation is 2. The lowest BCUT2D eigenvalue weighted by atomic mass is 10.1. The quantitative estimate of drug-likeness (QED) is 0.752. The summed E-state index contributed by atoms with van der Waals surface area (Å²) in [5, 5.41) is 10.3. The first-order valence-electron chi connectivity index (χ1n) is 6.31. The molecule has 0 aliphatic heterocycles. The van der Waals surface area contributed by atoms with E-state index in [2.05, 4.69) is 43.3 Å². The molecule has 3 rings (SSSR count). The van der Waals surface area contributed by atoms with Crippen molar-refractivity contribution in [1.29, 1.82) is 0 Å². The molecule has 0 atom stereocenters. The molecule has 3 aromatic rings. The van der Waals surface area contributed by atoms with Gasteiger partial charge in [-0.25, -0.2) is 4.98 Å². The number of aromatic nitrogens is 4. The molecule has 0 spiro atoms. The van der Waals surface area contributed by atoms with E-state index in [0.717, 1.165) is 40.2 Å². The normalized spacial score (nSPS) is 11.3. The smallest absolute Gasteiger partial charge is 0.106 e. The molecule has 0 unspecified atom stereocenters. The number of rotatable bonds is 3. The molecule has 19 heavy (non-hydrogen) atoms. The van der Waals surface area contributed by atoms with E-state index in [1.54, 1.807) is 0 Å². The Morgan fingerprint density at radius 2 is 2.21 bits per heavy atom. The van der Waals surface area contributed by atoms with E-state index in [9.17, 15) is 0 Å². The summed E-state index contributed by atoms with van der Waals surface area (Å²) in [4.78, 5) is 4.58. The van der Waals surface area contributed by atoms with Crippen LogP contribution in [0.5, 0.6) is 0 Å². The van der Waals surface area contributed by atoms with Crippen LogP contribution in [0.1, 0.15) is 11.5 Å². The van der Waals surface area contributed by atoms with Crippen molar-refractivity contribution < 1.29 is 0 Å². The molecule has 98 valence electrons. The van der Waals surface area contributed by atoms with Gasteiger partial charge in [0, 0.05) is 19.2 Å². The van der Waals surface area contributed by atoms with E-state index >= 15 is 0 Å². The Labute approximate surface area is 111 Å². The van der Waals surface area contributed by atoms with Crippen molar-refractivity contribution in [2.24, 2.45) is 7.05 Å². The minimum absolute atomic E-state index is 0.772. The van der Waals surface area contributed by atoms with Crippen molar-refractivity contribution in [2.45, 2.75) is 13.5 Å². The van der Waals surface area contributed by atoms with Crippen molar-refractivity contribution in [1.82, 2.24) is 25.1 Å². The fraction of sp³-hybridized carbons (Fsp3) is 0.286. The van der Waals surface area contributed by atoms with Crippen LogP contribution < -0.4 is 5.32 Å². The Kier molecular flexibility index (Phi) is 2.83. The molecule has 0 aliphatic carbocycles. The summed E-state index contributed by atoms with van der Waals surface area (Å²) in [6.07, 6.45) is 1.86. The van der Waals surface area contributed by atoms with Gasteiger partial charge in [-0.1, -0.05) is 6.07 Å². The number of fused-ring (bicyclic) bond motifs is 1. The lowest BCUT2D eigenvalue weighted by molar-refractivity contribution is 0.785. The number of hydrogen-bond donors (Lipinski definition) is 2. The van der Waals surface area contributed by atoms with Gasteiger partial charge in [0.25, 0.3) is 0 Å². The summed E-state index contributed by atoms with van der Waals surface area (Å²) in [7, 11) is 3.96. The number of H-pyrrole nitrogens is 1. The molecule has 1 aromatic carbocycles. The summed E-state index contributed by atoms with van der Waals surface area (Å²) in [5.41, 5.74) is 5.53. The Morgan fingerprint density at radius 3 is 3.00 bits per heavy atom. The molecule has 0 saturated heterocycles. The number of benzene rings is 1. The van der Waals surface area contributed by atoms with Crippen LogP contribution in [0.25, 0.3) is 22.2 Å². The van der Waals surface area contributed by atoms with Crippen LogP contribution >= 0.6 is 0 Å². The lowest BCUT2D eigenvalue weighted by Gasteiger charge is -2.03. The molecule has 0 bridgehead atoms. The van der Waals surface area contributed by atoms with Gasteiger partial charge in [0.05, 0.1) is 22.9 Å². The molecule has 0 fully saturated rings. The molecule has 2 heterocycles. The Morgan fingerprint density at radius 1 is 1.37 bits per heavy atom. The first-order chi connectivity index (χ1) is 9.20. The van der Waals surface area contributed by atoms with Gasteiger partial charge in [-0.2, -0.15) is 5.10 Å². The van der Waals surface area contributed by atoms with E-state index in [1.807, 2.05) is 27.2 Å². The minimum atomic E-state index is 0.772. The monoisotopic (exact) mass is 255 g/mol. The second-order valence-electron chi connectivity index (χ2n) is 4.71. The highest BCUT2D eigenvalue weighted by atomic mass is 15.1. The van der Waals surface area contributed by atoms with Gasteiger partial charge in [-0.05, 0) is 31.7 Å². The highest BCUT2D eigenvalue weighted by molar-refractivity contribution is 5.83. The predicted molar refractivity (Wildman–Crippen MR) is 75.8 cm³/mol. The fourth-order valence-electron chi connectivity index (χ4n) is 2.36. The van der Waals surface area contributed by atoms with E-state index in [0.29, 0.717) is 0 Å². The van der Waals surface area contributed by atoms with Crippen LogP contribution in [-0.4, -0.2) is 26.8 Å². The van der Waals surface area contributed by atoms with Gasteiger partial charge >= 0.3 is 0 Å². The molecule has 0 amide bonds. The average Bonchev–Trinajstić information content (AvgIpc) is 2.96. The minimum Gasteiger partial charge on any atom is -0.331 e. The third-order valence-corrected chi connectivity index (χ3v) is 3.49. The van der Waals surface area contributed by atoms with Gasteiger partial charge in [0.15, 0.2) is 0 Å². The Bertz CT molecular complexity index is 723. The van der Waals surface area contributed by atoms with E-state index in [-0.39, 0.29) is 0 Å². The zero-order chi connectivity index (χ0) is 13.4. The zero-order valence-corrected chi connectivity index (χ0v) is 11.4. The second-order valence-corrected chi connectivity index (χ2v) is 4.71. The second kappa shape index (κ2) is 4.51. The van der Waals surface area contributed by atoms with Gasteiger partial charge in [-0.15, -0.1) is 0 Å². The number of aromatic amines is 1. The van der Waals surface area contributed by atoms with E-state index in [1.165, 1.54) is 0 Å². The highest BCUT2D eigenvalue weighted by Crippen LogP contribution is 2.26. The summed E-state index contributed by atoms with van der Waals surface area (Å²) in [6.45, 7) is 2.79. The third-order valence-electron chi connectivity index (χ3n) is 3.49. The van der Waals surface area contributed by atoms with Gasteiger partial charge < -0.3 is 9.88 Å². The number of imidazole rings is 1. The van der Waals surface area contributed by atoms with Crippen molar-refractivity contribution in [3.8, 4) is 11.1 Å². The van der Waals surface area contributed by atoms with Crippen LogP contribution in [0, 0.1) is 6.92 Å². The summed E-state index contributed by atoms with van der Waals surface area (Å²) < 4.78 is 2.10. The molecule has 0 aliphatic rings. The topological polar surface area (TPSA) is 58.5 Å². The molecule has 5 heteroatoms. The van der Waals surface area contributed by atoms with Crippen molar-refractivity contribution in [3.05, 3.63) is 35.9 Å². The summed E-state index contributed by atoms with van der Waals surface area (Å²) >= 11 is 0. The summed E-state index contributed by atoms with van der Waals surface area (Å²) in [5.74, 6) is 1.02. The molecule has 2 N–H and O–H groups in total. The standard InChI is InChI=1S/C14H17N5/c1-9-17-12-6-10(4-5-14(12)19(9)3)11-7-16-18-13(11)8-15-2/h4-7,15H,8H2,1-3H3,(H,16,18). The van der Waals surface area contributed by atoms with Gasteiger partial charge in [0.1, 0.15) is 5.82 Å². The maximum absolute atomic E-state index is 4.58. The lowest BCUT2D eigenvalue weighted by Crippen LogP contribution is -2.06. The van der Waals surface area contributed by atoms with E-state index < -0.39 is 0 Å². The van der Waals surface area contributed by atoms with Crippen LogP contribution in [0.3, 0.4) is 0 Å². The van der Waals surface area contributed by atoms with Crippen LogP contribution in [-0.2, 0) is 13.6 Å². The predicted octanol–water partition coefficient (Wildman–Crippen LogP) is 1.99. The molecular weight excluding hydrogens is 238 g/mol. The molecule has 2 aromatic heterocycles. The first kappa shape index (κ1) is 11.9. The maximum Gasteiger partial charge on any atom is 0.106 e. The largest absolute Gasteiger partial charge is 0.331 e. The van der Waals surface area contributed by atoms with Crippen molar-refractivity contribution in [2.75, 3.05) is 7.05 Å². The maximum atomic E-state index is 4.58. The van der Waals surface area contributed by atoms with Crippen molar-refractivity contribution in [3.63, 3.8) is 0 Å². The molecule has 0 saturated carbocycles. The number of hydrogen-bond acceptors (Lipinski definition) is 3. The fourth-order valence-corrected chi connectivity index (χ4v) is 2.36.